The van der Waals surface area contributed by atoms with Crippen molar-refractivity contribution in [3.63, 3.8) is 0 Å². The number of para-hydroxylation sites is 1. The maximum Gasteiger partial charge on any atom is 0.135 e. The van der Waals surface area contributed by atoms with Crippen molar-refractivity contribution >= 4 is 71.3 Å². The van der Waals surface area contributed by atoms with Gasteiger partial charge in [-0.1, -0.05) is 133 Å². The Morgan fingerprint density at radius 2 is 0.920 bits per heavy atom. The molecular weight excluding hydrogens is 607 g/mol. The zero-order valence-corrected chi connectivity index (χ0v) is 27.3. The fraction of sp³-hybridized carbons (Fsp3) is 0. The van der Waals surface area contributed by atoms with Crippen LogP contribution in [0.25, 0.3) is 76.5 Å². The Labute approximate surface area is 290 Å². The number of fused-ring (bicyclic) bond motifs is 7. The van der Waals surface area contributed by atoms with E-state index in [1.54, 1.807) is 0 Å². The molecule has 0 aliphatic carbocycles. The van der Waals surface area contributed by atoms with E-state index in [0.717, 1.165) is 39.0 Å². The van der Waals surface area contributed by atoms with Crippen molar-refractivity contribution in [1.82, 2.24) is 0 Å². The molecule has 0 saturated carbocycles. The zero-order valence-electron chi connectivity index (χ0n) is 27.3. The summed E-state index contributed by atoms with van der Waals surface area (Å²) in [5.41, 5.74) is 9.83. The summed E-state index contributed by atoms with van der Waals surface area (Å²) < 4.78 is 6.22. The number of hydrogen-bond acceptors (Lipinski definition) is 2. The first kappa shape index (κ1) is 28.4. The van der Waals surface area contributed by atoms with Gasteiger partial charge in [-0.25, -0.2) is 0 Å². The molecule has 0 N–H and O–H groups in total. The second-order valence-corrected chi connectivity index (χ2v) is 13.0. The molecule has 0 aliphatic rings. The van der Waals surface area contributed by atoms with Gasteiger partial charge in [0, 0.05) is 27.8 Å². The van der Waals surface area contributed by atoms with Crippen LogP contribution in [0.3, 0.4) is 0 Å². The Kier molecular flexibility index (Phi) is 6.53. The molecule has 234 valence electrons. The van der Waals surface area contributed by atoms with Gasteiger partial charge in [0.15, 0.2) is 0 Å². The van der Waals surface area contributed by atoms with Crippen LogP contribution < -0.4 is 4.90 Å². The molecule has 0 fully saturated rings. The van der Waals surface area contributed by atoms with Crippen molar-refractivity contribution in [1.29, 1.82) is 0 Å². The second kappa shape index (κ2) is 11.5. The standard InChI is InChI=1S/C48H31NO/c1-3-14-41-33(9-1)11-8-17-43(41)36-12-7-13-39(30-36)49(40-26-28-48-46(31-40)45-16-5-6-18-47(45)50-48)38-24-21-32(22-25-38)35-23-27-44-37(29-35)20-19-34-10-2-4-15-42(34)44/h1-31H. The lowest BCUT2D eigenvalue weighted by molar-refractivity contribution is 0.669. The van der Waals surface area contributed by atoms with Gasteiger partial charge in [-0.15, -0.1) is 0 Å². The molecule has 0 unspecified atom stereocenters. The lowest BCUT2D eigenvalue weighted by atomic mass is 9.97. The van der Waals surface area contributed by atoms with Crippen molar-refractivity contribution in [3.05, 3.63) is 188 Å². The van der Waals surface area contributed by atoms with E-state index in [0.29, 0.717) is 0 Å². The molecule has 1 heterocycles. The SMILES string of the molecule is c1cc(-c2cccc3ccccc23)cc(N(c2ccc(-c3ccc4c(ccc5ccccc54)c3)cc2)c2ccc3oc4ccccc4c3c2)c1. The first-order valence-electron chi connectivity index (χ1n) is 17.1. The van der Waals surface area contributed by atoms with Crippen molar-refractivity contribution < 1.29 is 4.42 Å². The molecular formula is C48H31NO. The highest BCUT2D eigenvalue weighted by Gasteiger charge is 2.17. The van der Waals surface area contributed by atoms with Crippen molar-refractivity contribution in [2.75, 3.05) is 4.90 Å². The fourth-order valence-electron chi connectivity index (χ4n) is 7.59. The Hall–Kier alpha value is -6.64. The highest BCUT2D eigenvalue weighted by Crippen LogP contribution is 2.41. The van der Waals surface area contributed by atoms with E-state index in [1.807, 2.05) is 12.1 Å². The molecule has 0 radical (unpaired) electrons. The van der Waals surface area contributed by atoms with Gasteiger partial charge in [0.2, 0.25) is 0 Å². The Bertz CT molecular complexity index is 2870. The van der Waals surface area contributed by atoms with Crippen LogP contribution in [-0.2, 0) is 0 Å². The average Bonchev–Trinajstić information content (AvgIpc) is 3.56. The van der Waals surface area contributed by atoms with E-state index in [2.05, 4.69) is 181 Å². The third-order valence-electron chi connectivity index (χ3n) is 10.0. The second-order valence-electron chi connectivity index (χ2n) is 13.0. The van der Waals surface area contributed by atoms with Crippen LogP contribution in [0, 0.1) is 0 Å². The molecule has 0 atom stereocenters. The van der Waals surface area contributed by atoms with Gasteiger partial charge in [0.1, 0.15) is 11.2 Å². The van der Waals surface area contributed by atoms with Crippen LogP contribution in [0.4, 0.5) is 17.1 Å². The van der Waals surface area contributed by atoms with E-state index in [-0.39, 0.29) is 0 Å². The lowest BCUT2D eigenvalue weighted by Gasteiger charge is -2.26. The maximum absolute atomic E-state index is 6.22. The Morgan fingerprint density at radius 1 is 0.300 bits per heavy atom. The molecule has 0 spiro atoms. The van der Waals surface area contributed by atoms with Gasteiger partial charge in [-0.05, 0) is 109 Å². The first-order chi connectivity index (χ1) is 24.8. The molecule has 1 aromatic heterocycles. The maximum atomic E-state index is 6.22. The number of furan rings is 1. The minimum absolute atomic E-state index is 0.888. The zero-order chi connectivity index (χ0) is 33.0. The first-order valence-corrected chi connectivity index (χ1v) is 17.1. The molecule has 0 amide bonds. The van der Waals surface area contributed by atoms with Crippen molar-refractivity contribution in [2.45, 2.75) is 0 Å². The van der Waals surface area contributed by atoms with Gasteiger partial charge in [0.05, 0.1) is 0 Å². The summed E-state index contributed by atoms with van der Waals surface area (Å²) in [5, 5.41) is 9.79. The summed E-state index contributed by atoms with van der Waals surface area (Å²) in [6.45, 7) is 0. The number of hydrogen-bond donors (Lipinski definition) is 0. The van der Waals surface area contributed by atoms with E-state index in [1.165, 1.54) is 54.6 Å². The van der Waals surface area contributed by atoms with E-state index in [4.69, 9.17) is 4.42 Å². The predicted molar refractivity (Wildman–Crippen MR) is 212 cm³/mol. The summed E-state index contributed by atoms with van der Waals surface area (Å²) in [6.07, 6.45) is 0. The van der Waals surface area contributed by atoms with E-state index >= 15 is 0 Å². The van der Waals surface area contributed by atoms with Gasteiger partial charge in [0.25, 0.3) is 0 Å². The van der Waals surface area contributed by atoms with Crippen LogP contribution in [0.15, 0.2) is 192 Å². The number of benzene rings is 9. The third kappa shape index (κ3) is 4.73. The molecule has 2 heteroatoms. The summed E-state index contributed by atoms with van der Waals surface area (Å²) >= 11 is 0. The van der Waals surface area contributed by atoms with Crippen LogP contribution in [-0.4, -0.2) is 0 Å². The third-order valence-corrected chi connectivity index (χ3v) is 10.0. The topological polar surface area (TPSA) is 16.4 Å². The summed E-state index contributed by atoms with van der Waals surface area (Å²) in [4.78, 5) is 2.35. The number of rotatable bonds is 5. The normalized spacial score (nSPS) is 11.6. The van der Waals surface area contributed by atoms with Gasteiger partial charge in [-0.2, -0.15) is 0 Å². The molecule has 2 nitrogen and oxygen atoms in total. The molecule has 50 heavy (non-hydrogen) atoms. The number of nitrogens with zero attached hydrogens (tertiary/aromatic N) is 1. The molecule has 0 bridgehead atoms. The Morgan fingerprint density at radius 3 is 1.80 bits per heavy atom. The minimum Gasteiger partial charge on any atom is -0.456 e. The number of anilines is 3. The summed E-state index contributed by atoms with van der Waals surface area (Å²) in [7, 11) is 0. The molecule has 0 saturated heterocycles. The monoisotopic (exact) mass is 637 g/mol. The molecule has 10 rings (SSSR count). The highest BCUT2D eigenvalue weighted by atomic mass is 16.3. The van der Waals surface area contributed by atoms with Gasteiger partial charge in [-0.3, -0.25) is 0 Å². The largest absolute Gasteiger partial charge is 0.456 e. The fourth-order valence-corrected chi connectivity index (χ4v) is 7.59. The highest BCUT2D eigenvalue weighted by molar-refractivity contribution is 6.09. The predicted octanol–water partition coefficient (Wildman–Crippen LogP) is 13.8. The smallest absolute Gasteiger partial charge is 0.135 e. The molecule has 10 aromatic rings. The van der Waals surface area contributed by atoms with E-state index < -0.39 is 0 Å². The Balaban J connectivity index is 1.11. The molecule has 9 aromatic carbocycles. The average molecular weight is 638 g/mol. The van der Waals surface area contributed by atoms with Crippen LogP contribution in [0.2, 0.25) is 0 Å². The van der Waals surface area contributed by atoms with Crippen molar-refractivity contribution in [2.24, 2.45) is 0 Å². The van der Waals surface area contributed by atoms with Crippen LogP contribution in [0.5, 0.6) is 0 Å². The van der Waals surface area contributed by atoms with Crippen molar-refractivity contribution in [3.8, 4) is 22.3 Å². The molecule has 0 aliphatic heterocycles. The van der Waals surface area contributed by atoms with E-state index in [9.17, 15) is 0 Å². The summed E-state index contributed by atoms with van der Waals surface area (Å²) in [5.74, 6) is 0. The van der Waals surface area contributed by atoms with Crippen LogP contribution in [0.1, 0.15) is 0 Å². The van der Waals surface area contributed by atoms with Gasteiger partial charge < -0.3 is 9.32 Å². The van der Waals surface area contributed by atoms with Gasteiger partial charge >= 0.3 is 0 Å². The summed E-state index contributed by atoms with van der Waals surface area (Å²) in [6, 6.07) is 67.6. The lowest BCUT2D eigenvalue weighted by Crippen LogP contribution is -2.10. The quantitative estimate of drug-likeness (QED) is 0.175. The van der Waals surface area contributed by atoms with Crippen LogP contribution >= 0.6 is 0 Å². The minimum atomic E-state index is 0.888.